The molecule has 27 heavy (non-hydrogen) atoms. The highest BCUT2D eigenvalue weighted by Gasteiger charge is 2.21. The van der Waals surface area contributed by atoms with Crippen LogP contribution >= 0.6 is 11.6 Å². The third-order valence-corrected chi connectivity index (χ3v) is 4.31. The topological polar surface area (TPSA) is 78.7 Å². The molecule has 0 saturated heterocycles. The van der Waals surface area contributed by atoms with Crippen molar-refractivity contribution in [3.05, 3.63) is 93.8 Å². The van der Waals surface area contributed by atoms with Crippen LogP contribution < -0.4 is 5.32 Å². The Hall–Kier alpha value is -3.30. The molecule has 0 bridgehead atoms. The van der Waals surface area contributed by atoms with E-state index in [1.54, 1.807) is 49.6 Å². The number of nitriles is 1. The van der Waals surface area contributed by atoms with Crippen molar-refractivity contribution in [2.45, 2.75) is 13.0 Å². The van der Waals surface area contributed by atoms with Gasteiger partial charge in [0.05, 0.1) is 16.7 Å². The molecule has 2 aromatic carbocycles. The first kappa shape index (κ1) is 18.5. The van der Waals surface area contributed by atoms with Gasteiger partial charge in [0, 0.05) is 18.0 Å². The quantitative estimate of drug-likeness (QED) is 0.742. The fraction of sp³-hybridized carbons (Fsp3) is 0.100. The summed E-state index contributed by atoms with van der Waals surface area (Å²) >= 11 is 5.76. The maximum Gasteiger partial charge on any atom is 0.252 e. The number of amides is 1. The molecule has 0 spiro atoms. The predicted octanol–water partition coefficient (Wildman–Crippen LogP) is 3.97. The molecule has 1 aromatic heterocycles. The van der Waals surface area contributed by atoms with Gasteiger partial charge < -0.3 is 5.32 Å². The van der Waals surface area contributed by atoms with E-state index in [0.717, 1.165) is 0 Å². The zero-order valence-electron chi connectivity index (χ0n) is 14.3. The number of carbonyl (C=O) groups is 1. The summed E-state index contributed by atoms with van der Waals surface area (Å²) in [7, 11) is 0. The Balaban J connectivity index is 1.96. The van der Waals surface area contributed by atoms with Crippen molar-refractivity contribution in [2.24, 2.45) is 0 Å². The number of halogens is 2. The van der Waals surface area contributed by atoms with E-state index in [4.69, 9.17) is 16.9 Å². The van der Waals surface area contributed by atoms with E-state index >= 15 is 0 Å². The number of nitrogens with one attached hydrogen (secondary N) is 1. The molecule has 7 heteroatoms. The lowest BCUT2D eigenvalue weighted by molar-refractivity contribution is 0.0941. The Bertz CT molecular complexity index is 1030. The molecule has 3 rings (SSSR count). The lowest BCUT2D eigenvalue weighted by atomic mass is 10.0. The fourth-order valence-electron chi connectivity index (χ4n) is 2.59. The van der Waals surface area contributed by atoms with Crippen molar-refractivity contribution in [3.8, 4) is 6.07 Å². The summed E-state index contributed by atoms with van der Waals surface area (Å²) in [4.78, 5) is 21.1. The third-order valence-electron chi connectivity index (χ3n) is 4.01. The maximum atomic E-state index is 13.9. The second-order valence-electron chi connectivity index (χ2n) is 5.83. The van der Waals surface area contributed by atoms with Crippen molar-refractivity contribution in [3.63, 3.8) is 0 Å². The zero-order chi connectivity index (χ0) is 19.4. The van der Waals surface area contributed by atoms with Crippen molar-refractivity contribution >= 4 is 17.5 Å². The minimum atomic E-state index is -0.763. The Morgan fingerprint density at radius 1 is 1.22 bits per heavy atom. The van der Waals surface area contributed by atoms with Gasteiger partial charge in [-0.05, 0) is 54.4 Å². The molecule has 5 nitrogen and oxygen atoms in total. The molecule has 0 aliphatic carbocycles. The number of hydrogen-bond donors (Lipinski definition) is 1. The fourth-order valence-corrected chi connectivity index (χ4v) is 2.71. The van der Waals surface area contributed by atoms with Crippen LogP contribution in [0.15, 0.2) is 54.9 Å². The Morgan fingerprint density at radius 3 is 2.59 bits per heavy atom. The SMILES string of the molecule is Cc1cc(C(=O)N[C@H](c2ccc(Cl)c(F)c2)c2ncccn2)ccc1C#N. The molecule has 0 aliphatic rings. The van der Waals surface area contributed by atoms with Crippen LogP contribution in [0.3, 0.4) is 0 Å². The number of benzene rings is 2. The molecule has 0 radical (unpaired) electrons. The van der Waals surface area contributed by atoms with Gasteiger partial charge in [-0.15, -0.1) is 0 Å². The molecule has 3 aromatic rings. The Kier molecular flexibility index (Phi) is 5.43. The average Bonchev–Trinajstić information content (AvgIpc) is 2.68. The van der Waals surface area contributed by atoms with Crippen LogP contribution in [0.4, 0.5) is 4.39 Å². The molecular formula is C20H14ClFN4O. The summed E-state index contributed by atoms with van der Waals surface area (Å²) in [6.45, 7) is 1.75. The lowest BCUT2D eigenvalue weighted by Gasteiger charge is -2.18. The molecule has 134 valence electrons. The normalized spacial score (nSPS) is 11.5. The molecule has 1 amide bonds. The highest BCUT2D eigenvalue weighted by Crippen LogP contribution is 2.24. The number of aryl methyl sites for hydroxylation is 1. The van der Waals surface area contributed by atoms with E-state index < -0.39 is 17.8 Å². The van der Waals surface area contributed by atoms with E-state index in [0.29, 0.717) is 28.1 Å². The largest absolute Gasteiger partial charge is 0.338 e. The molecule has 0 unspecified atom stereocenters. The molecule has 1 heterocycles. The summed E-state index contributed by atoms with van der Waals surface area (Å²) in [6, 6.07) is 12.0. The first-order valence-corrected chi connectivity index (χ1v) is 8.41. The second kappa shape index (κ2) is 7.94. The lowest BCUT2D eigenvalue weighted by Crippen LogP contribution is -2.30. The highest BCUT2D eigenvalue weighted by atomic mass is 35.5. The standard InChI is InChI=1S/C20H14ClFN4O/c1-12-9-14(3-4-15(12)11-23)20(27)26-18(19-24-7-2-8-25-19)13-5-6-16(21)17(22)10-13/h2-10,18H,1H3,(H,26,27)/t18-/m1/s1. The molecule has 1 atom stereocenters. The van der Waals surface area contributed by atoms with Crippen LogP contribution in [-0.4, -0.2) is 15.9 Å². The van der Waals surface area contributed by atoms with Gasteiger partial charge in [0.25, 0.3) is 5.91 Å². The van der Waals surface area contributed by atoms with Crippen LogP contribution in [-0.2, 0) is 0 Å². The molecule has 0 aliphatic heterocycles. The van der Waals surface area contributed by atoms with E-state index in [-0.39, 0.29) is 5.02 Å². The van der Waals surface area contributed by atoms with Gasteiger partial charge in [0.15, 0.2) is 5.82 Å². The predicted molar refractivity (Wildman–Crippen MR) is 98.6 cm³/mol. The summed E-state index contributed by atoms with van der Waals surface area (Å²) in [6.07, 6.45) is 3.08. The van der Waals surface area contributed by atoms with Crippen LogP contribution in [0.1, 0.15) is 38.9 Å². The van der Waals surface area contributed by atoms with E-state index in [1.807, 2.05) is 0 Å². The first-order chi connectivity index (χ1) is 13.0. The first-order valence-electron chi connectivity index (χ1n) is 8.03. The number of nitrogens with zero attached hydrogens (tertiary/aromatic N) is 3. The smallest absolute Gasteiger partial charge is 0.252 e. The molecule has 0 saturated carbocycles. The van der Waals surface area contributed by atoms with Gasteiger partial charge in [-0.2, -0.15) is 5.26 Å². The van der Waals surface area contributed by atoms with E-state index in [1.165, 1.54) is 12.1 Å². The molecule has 1 N–H and O–H groups in total. The second-order valence-corrected chi connectivity index (χ2v) is 6.24. The summed E-state index contributed by atoms with van der Waals surface area (Å²) in [5, 5.41) is 11.8. The van der Waals surface area contributed by atoms with Crippen molar-refractivity contribution in [1.82, 2.24) is 15.3 Å². The Labute approximate surface area is 160 Å². The van der Waals surface area contributed by atoms with Gasteiger partial charge in [-0.3, -0.25) is 4.79 Å². The zero-order valence-corrected chi connectivity index (χ0v) is 15.0. The van der Waals surface area contributed by atoms with Gasteiger partial charge in [-0.1, -0.05) is 17.7 Å². The van der Waals surface area contributed by atoms with E-state index in [2.05, 4.69) is 21.4 Å². The minimum absolute atomic E-state index is 0.0134. The van der Waals surface area contributed by atoms with E-state index in [9.17, 15) is 9.18 Å². The van der Waals surface area contributed by atoms with Crippen molar-refractivity contribution in [1.29, 1.82) is 5.26 Å². The highest BCUT2D eigenvalue weighted by molar-refractivity contribution is 6.30. The van der Waals surface area contributed by atoms with Gasteiger partial charge in [0.2, 0.25) is 0 Å². The van der Waals surface area contributed by atoms with Crippen LogP contribution in [0.25, 0.3) is 0 Å². The van der Waals surface area contributed by atoms with Crippen LogP contribution in [0.2, 0.25) is 5.02 Å². The number of rotatable bonds is 4. The van der Waals surface area contributed by atoms with Gasteiger partial charge in [-0.25, -0.2) is 14.4 Å². The summed E-state index contributed by atoms with van der Waals surface area (Å²) in [5.41, 5.74) is 2.02. The third kappa shape index (κ3) is 4.10. The summed E-state index contributed by atoms with van der Waals surface area (Å²) < 4.78 is 13.9. The van der Waals surface area contributed by atoms with Crippen molar-refractivity contribution < 1.29 is 9.18 Å². The number of aromatic nitrogens is 2. The monoisotopic (exact) mass is 380 g/mol. The van der Waals surface area contributed by atoms with Gasteiger partial charge >= 0.3 is 0 Å². The van der Waals surface area contributed by atoms with Crippen LogP contribution in [0.5, 0.6) is 0 Å². The molecular weight excluding hydrogens is 367 g/mol. The number of carbonyl (C=O) groups excluding carboxylic acids is 1. The molecule has 0 fully saturated rings. The van der Waals surface area contributed by atoms with Gasteiger partial charge in [0.1, 0.15) is 11.9 Å². The minimum Gasteiger partial charge on any atom is -0.338 e. The van der Waals surface area contributed by atoms with Crippen LogP contribution in [0, 0.1) is 24.1 Å². The van der Waals surface area contributed by atoms with Crippen molar-refractivity contribution in [2.75, 3.05) is 0 Å². The summed E-state index contributed by atoms with van der Waals surface area (Å²) in [5.74, 6) is -0.674. The average molecular weight is 381 g/mol. The maximum absolute atomic E-state index is 13.9. The Morgan fingerprint density at radius 2 is 1.96 bits per heavy atom. The number of hydrogen-bond acceptors (Lipinski definition) is 4.